The number of nitrogens with zero attached hydrogens (tertiary/aromatic N) is 3. The number of benzene rings is 3. The Morgan fingerprint density at radius 1 is 0.864 bits per heavy atom. The van der Waals surface area contributed by atoms with Crippen LogP contribution in [-0.2, 0) is 14.8 Å². The Morgan fingerprint density at radius 2 is 1.52 bits per heavy atom. The molecule has 0 aliphatic carbocycles. The van der Waals surface area contributed by atoms with Gasteiger partial charge >= 0.3 is 0 Å². The third-order valence-corrected chi connectivity index (χ3v) is 8.83. The van der Waals surface area contributed by atoms with Gasteiger partial charge in [-0.15, -0.1) is 0 Å². The molecule has 4 aromatic rings. The maximum absolute atomic E-state index is 13.7. The standard InChI is InChI=1S/C32H38N6O5S/c1-32(2,3)38-16-9-8-15-28(38)31(39)34-21-11-10-12-25(19-21)44(40,41)37-30-29(35-26-13-6-7-14-27(26)36-30)33-22-17-23(42-4)20-24(18-22)43-5/h6-7,10-14,17-20,28H,8-9,15-16H2,1-5H3,(H,33,35)(H,34,39)(H,36,37). The highest BCUT2D eigenvalue weighted by Crippen LogP contribution is 2.32. The molecule has 3 N–H and O–H groups in total. The molecule has 1 aromatic heterocycles. The Hall–Kier alpha value is -4.42. The normalized spacial score (nSPS) is 15.9. The van der Waals surface area contributed by atoms with Crippen molar-refractivity contribution in [2.45, 2.75) is 56.5 Å². The first kappa shape index (κ1) is 31.0. The summed E-state index contributed by atoms with van der Waals surface area (Å²) < 4.78 is 40.7. The molecule has 0 radical (unpaired) electrons. The summed E-state index contributed by atoms with van der Waals surface area (Å²) in [5.74, 6) is 1.12. The molecule has 1 fully saturated rings. The van der Waals surface area contributed by atoms with Crippen LogP contribution in [0, 0.1) is 0 Å². The number of carbonyl (C=O) groups is 1. The average molecular weight is 619 g/mol. The fourth-order valence-corrected chi connectivity index (χ4v) is 6.39. The van der Waals surface area contributed by atoms with Crippen molar-refractivity contribution in [2.24, 2.45) is 0 Å². The molecule has 1 aliphatic heterocycles. The van der Waals surface area contributed by atoms with E-state index in [4.69, 9.17) is 9.47 Å². The molecular weight excluding hydrogens is 580 g/mol. The quantitative estimate of drug-likeness (QED) is 0.213. The number of fused-ring (bicyclic) bond motifs is 1. The van der Waals surface area contributed by atoms with Crippen molar-refractivity contribution >= 4 is 50.0 Å². The number of rotatable bonds is 9. The lowest BCUT2D eigenvalue weighted by Crippen LogP contribution is -2.55. The van der Waals surface area contributed by atoms with E-state index in [2.05, 4.69) is 51.0 Å². The molecule has 5 rings (SSSR count). The number of anilines is 4. The van der Waals surface area contributed by atoms with Gasteiger partial charge < -0.3 is 20.1 Å². The number of amides is 1. The topological polar surface area (TPSA) is 135 Å². The van der Waals surface area contributed by atoms with E-state index in [0.717, 1.165) is 25.8 Å². The van der Waals surface area contributed by atoms with Gasteiger partial charge in [-0.25, -0.2) is 18.4 Å². The second kappa shape index (κ2) is 12.7. The van der Waals surface area contributed by atoms with Gasteiger partial charge in [0, 0.05) is 35.1 Å². The van der Waals surface area contributed by atoms with Gasteiger partial charge in [-0.2, -0.15) is 0 Å². The molecule has 3 aromatic carbocycles. The average Bonchev–Trinajstić information content (AvgIpc) is 3.00. The fourth-order valence-electron chi connectivity index (χ4n) is 5.33. The van der Waals surface area contributed by atoms with Crippen molar-refractivity contribution in [3.63, 3.8) is 0 Å². The molecule has 1 amide bonds. The summed E-state index contributed by atoms with van der Waals surface area (Å²) in [5.41, 5.74) is 1.87. The number of sulfonamides is 1. The summed E-state index contributed by atoms with van der Waals surface area (Å²) in [6.07, 6.45) is 2.76. The lowest BCUT2D eigenvalue weighted by molar-refractivity contribution is -0.125. The number of piperidine rings is 1. The second-order valence-corrected chi connectivity index (χ2v) is 13.3. The summed E-state index contributed by atoms with van der Waals surface area (Å²) in [6, 6.07) is 18.3. The van der Waals surface area contributed by atoms with Crippen LogP contribution in [0.5, 0.6) is 11.5 Å². The zero-order valence-electron chi connectivity index (χ0n) is 25.5. The number of hydrogen-bond acceptors (Lipinski definition) is 9. The van der Waals surface area contributed by atoms with E-state index in [-0.39, 0.29) is 34.0 Å². The van der Waals surface area contributed by atoms with E-state index in [1.807, 2.05) is 6.07 Å². The summed E-state index contributed by atoms with van der Waals surface area (Å²) in [6.45, 7) is 7.13. The Morgan fingerprint density at radius 3 is 2.16 bits per heavy atom. The van der Waals surface area contributed by atoms with E-state index in [9.17, 15) is 13.2 Å². The summed E-state index contributed by atoms with van der Waals surface area (Å²) >= 11 is 0. The van der Waals surface area contributed by atoms with E-state index >= 15 is 0 Å². The molecule has 2 heterocycles. The molecule has 0 saturated carbocycles. The number of ether oxygens (including phenoxy) is 2. The zero-order valence-corrected chi connectivity index (χ0v) is 26.4. The van der Waals surface area contributed by atoms with E-state index in [0.29, 0.717) is 33.9 Å². The Labute approximate surface area is 258 Å². The molecule has 0 spiro atoms. The Kier molecular flexibility index (Phi) is 8.93. The van der Waals surface area contributed by atoms with Crippen LogP contribution in [0.2, 0.25) is 0 Å². The fraction of sp³-hybridized carbons (Fsp3) is 0.344. The third-order valence-electron chi connectivity index (χ3n) is 7.49. The second-order valence-electron chi connectivity index (χ2n) is 11.6. The van der Waals surface area contributed by atoms with Crippen molar-refractivity contribution in [3.05, 3.63) is 66.7 Å². The highest BCUT2D eigenvalue weighted by atomic mass is 32.2. The minimum absolute atomic E-state index is 0.00273. The number of para-hydroxylation sites is 2. The molecule has 1 atom stereocenters. The summed E-state index contributed by atoms with van der Waals surface area (Å²) in [4.78, 5) is 24.8. The predicted octanol–water partition coefficient (Wildman–Crippen LogP) is 5.78. The molecular formula is C32H38N6O5S. The monoisotopic (exact) mass is 618 g/mol. The van der Waals surface area contributed by atoms with E-state index < -0.39 is 10.0 Å². The molecule has 12 heteroatoms. The first-order valence-corrected chi connectivity index (χ1v) is 15.9. The first-order chi connectivity index (χ1) is 21.0. The van der Waals surface area contributed by atoms with Crippen LogP contribution < -0.4 is 24.8 Å². The van der Waals surface area contributed by atoms with Crippen molar-refractivity contribution in [1.29, 1.82) is 0 Å². The number of carbonyl (C=O) groups excluding carboxylic acids is 1. The van der Waals surface area contributed by atoms with Gasteiger partial charge in [0.15, 0.2) is 11.6 Å². The number of likely N-dealkylation sites (tertiary alicyclic amines) is 1. The van der Waals surface area contributed by atoms with Crippen molar-refractivity contribution in [1.82, 2.24) is 14.9 Å². The van der Waals surface area contributed by atoms with Gasteiger partial charge in [0.2, 0.25) is 5.91 Å². The Bertz CT molecular complexity index is 1750. The summed E-state index contributed by atoms with van der Waals surface area (Å²) in [5, 5.41) is 6.10. The number of methoxy groups -OCH3 is 2. The first-order valence-electron chi connectivity index (χ1n) is 14.4. The lowest BCUT2D eigenvalue weighted by Gasteiger charge is -2.43. The highest BCUT2D eigenvalue weighted by molar-refractivity contribution is 7.92. The van der Waals surface area contributed by atoms with Crippen LogP contribution in [0.4, 0.5) is 23.0 Å². The van der Waals surface area contributed by atoms with Crippen LogP contribution in [0.15, 0.2) is 71.6 Å². The number of aromatic nitrogens is 2. The van der Waals surface area contributed by atoms with E-state index in [1.54, 1.807) is 62.8 Å². The minimum Gasteiger partial charge on any atom is -0.497 e. The molecule has 1 unspecified atom stereocenters. The SMILES string of the molecule is COc1cc(Nc2nc3ccccc3nc2NS(=O)(=O)c2cccc(NC(=O)C3CCCCN3C(C)(C)C)c2)cc(OC)c1. The molecule has 0 bridgehead atoms. The minimum atomic E-state index is -4.14. The molecule has 1 saturated heterocycles. The van der Waals surface area contributed by atoms with Crippen LogP contribution in [0.25, 0.3) is 11.0 Å². The van der Waals surface area contributed by atoms with Crippen LogP contribution in [-0.4, -0.2) is 61.5 Å². The van der Waals surface area contributed by atoms with Gasteiger partial charge in [0.25, 0.3) is 10.0 Å². The van der Waals surface area contributed by atoms with E-state index in [1.165, 1.54) is 12.1 Å². The summed E-state index contributed by atoms with van der Waals surface area (Å²) in [7, 11) is -1.06. The van der Waals surface area contributed by atoms with Gasteiger partial charge in [-0.1, -0.05) is 24.6 Å². The number of nitrogens with one attached hydrogen (secondary N) is 3. The van der Waals surface area contributed by atoms with Crippen LogP contribution >= 0.6 is 0 Å². The molecule has 11 nitrogen and oxygen atoms in total. The van der Waals surface area contributed by atoms with Crippen molar-refractivity contribution in [3.8, 4) is 11.5 Å². The van der Waals surface area contributed by atoms with Gasteiger partial charge in [-0.05, 0) is 70.5 Å². The van der Waals surface area contributed by atoms with Gasteiger partial charge in [0.1, 0.15) is 11.5 Å². The van der Waals surface area contributed by atoms with Gasteiger partial charge in [-0.3, -0.25) is 14.4 Å². The third kappa shape index (κ3) is 7.03. The Balaban J connectivity index is 1.43. The number of hydrogen-bond donors (Lipinski definition) is 3. The van der Waals surface area contributed by atoms with Crippen LogP contribution in [0.1, 0.15) is 40.0 Å². The predicted molar refractivity (Wildman–Crippen MR) is 172 cm³/mol. The zero-order chi connectivity index (χ0) is 31.5. The maximum atomic E-state index is 13.7. The van der Waals surface area contributed by atoms with Crippen LogP contribution in [0.3, 0.4) is 0 Å². The lowest BCUT2D eigenvalue weighted by atomic mass is 9.94. The van der Waals surface area contributed by atoms with Gasteiger partial charge in [0.05, 0.1) is 36.2 Å². The smallest absolute Gasteiger partial charge is 0.263 e. The molecule has 232 valence electrons. The van der Waals surface area contributed by atoms with Crippen molar-refractivity contribution < 1.29 is 22.7 Å². The maximum Gasteiger partial charge on any atom is 0.263 e. The largest absolute Gasteiger partial charge is 0.497 e. The molecule has 1 aliphatic rings. The molecule has 44 heavy (non-hydrogen) atoms. The van der Waals surface area contributed by atoms with Crippen molar-refractivity contribution in [2.75, 3.05) is 36.1 Å². The highest BCUT2D eigenvalue weighted by Gasteiger charge is 2.35.